The lowest BCUT2D eigenvalue weighted by molar-refractivity contribution is -0.408. The molecule has 134 valence electrons. The van der Waals surface area contributed by atoms with E-state index in [0.29, 0.717) is 20.3 Å². The van der Waals surface area contributed by atoms with E-state index in [0.717, 1.165) is 0 Å². The van der Waals surface area contributed by atoms with Gasteiger partial charge in [-0.05, 0) is 40.0 Å². The number of hydrogen-bond donors (Lipinski definition) is 1. The Morgan fingerprint density at radius 2 is 1.57 bits per heavy atom. The summed E-state index contributed by atoms with van der Waals surface area (Å²) >= 11 is 0. The number of aliphatic hydroxyl groups is 1. The molecule has 0 amide bonds. The third-order valence-corrected chi connectivity index (χ3v) is 4.13. The number of halogens is 6. The highest BCUT2D eigenvalue weighted by Crippen LogP contribution is 2.51. The van der Waals surface area contributed by atoms with Crippen molar-refractivity contribution in [3.8, 4) is 0 Å². The molecule has 9 heteroatoms. The van der Waals surface area contributed by atoms with E-state index in [9.17, 15) is 36.2 Å². The van der Waals surface area contributed by atoms with Crippen LogP contribution in [0.5, 0.6) is 0 Å². The summed E-state index contributed by atoms with van der Waals surface area (Å²) in [7, 11) is 0. The van der Waals surface area contributed by atoms with E-state index in [4.69, 9.17) is 0 Å². The summed E-state index contributed by atoms with van der Waals surface area (Å²) in [6, 6.07) is 0. The van der Waals surface area contributed by atoms with Crippen molar-refractivity contribution >= 4 is 5.97 Å². The Labute approximate surface area is 129 Å². The van der Waals surface area contributed by atoms with Gasteiger partial charge in [0.25, 0.3) is 5.60 Å². The minimum atomic E-state index is -6.07. The highest BCUT2D eigenvalue weighted by atomic mass is 19.4. The van der Waals surface area contributed by atoms with Gasteiger partial charge in [-0.2, -0.15) is 26.3 Å². The normalized spacial score (nSPS) is 23.7. The Balaban J connectivity index is 3.18. The summed E-state index contributed by atoms with van der Waals surface area (Å²) in [6.45, 7) is 2.19. The second-order valence-electron chi connectivity index (χ2n) is 6.38. The Kier molecular flexibility index (Phi) is 4.89. The molecule has 3 nitrogen and oxygen atoms in total. The number of allylic oxidation sites excluding steroid dienone is 2. The zero-order valence-corrected chi connectivity index (χ0v) is 12.8. The molecule has 1 N–H and O–H groups in total. The van der Waals surface area contributed by atoms with Crippen molar-refractivity contribution in [1.29, 1.82) is 0 Å². The smallest absolute Gasteiger partial charge is 0.430 e. The maximum atomic E-state index is 12.9. The minimum absolute atomic E-state index is 0.137. The van der Waals surface area contributed by atoms with E-state index < -0.39 is 34.9 Å². The predicted octanol–water partition coefficient (Wildman–Crippen LogP) is 3.91. The van der Waals surface area contributed by atoms with Crippen LogP contribution in [0, 0.1) is 5.41 Å². The van der Waals surface area contributed by atoms with Crippen LogP contribution in [0.25, 0.3) is 0 Å². The molecule has 0 radical (unpaired) electrons. The lowest BCUT2D eigenvalue weighted by Gasteiger charge is -2.44. The van der Waals surface area contributed by atoms with Crippen LogP contribution in [0.1, 0.15) is 40.0 Å². The maximum absolute atomic E-state index is 12.9. The Bertz CT molecular complexity index is 478. The van der Waals surface area contributed by atoms with Gasteiger partial charge >= 0.3 is 18.3 Å². The molecule has 0 aromatic heterocycles. The lowest BCUT2D eigenvalue weighted by atomic mass is 9.78. The Morgan fingerprint density at radius 1 is 1.09 bits per heavy atom. The van der Waals surface area contributed by atoms with Gasteiger partial charge in [0, 0.05) is 0 Å². The van der Waals surface area contributed by atoms with Gasteiger partial charge in [-0.1, -0.05) is 12.2 Å². The molecule has 0 aromatic rings. The van der Waals surface area contributed by atoms with Crippen LogP contribution in [-0.4, -0.2) is 34.6 Å². The minimum Gasteiger partial charge on any atom is -0.455 e. The van der Waals surface area contributed by atoms with Crippen LogP contribution in [0.15, 0.2) is 12.2 Å². The number of hydrogen-bond acceptors (Lipinski definition) is 3. The van der Waals surface area contributed by atoms with Crippen molar-refractivity contribution in [3.63, 3.8) is 0 Å². The number of carbonyl (C=O) groups excluding carboxylic acids is 1. The van der Waals surface area contributed by atoms with Crippen LogP contribution >= 0.6 is 0 Å². The molecule has 0 aliphatic heterocycles. The summed E-state index contributed by atoms with van der Waals surface area (Å²) in [5, 5.41) is 9.40. The first kappa shape index (κ1) is 19.8. The van der Waals surface area contributed by atoms with Gasteiger partial charge in [-0.25, -0.2) is 0 Å². The molecule has 23 heavy (non-hydrogen) atoms. The van der Waals surface area contributed by atoms with Crippen molar-refractivity contribution in [2.24, 2.45) is 5.41 Å². The molecule has 1 atom stereocenters. The molecule has 0 heterocycles. The Hall–Kier alpha value is -1.25. The van der Waals surface area contributed by atoms with Gasteiger partial charge in [0.05, 0.1) is 5.41 Å². The largest absolute Gasteiger partial charge is 0.455 e. The fourth-order valence-electron chi connectivity index (χ4n) is 2.42. The highest BCUT2D eigenvalue weighted by molar-refractivity contribution is 5.77. The second-order valence-corrected chi connectivity index (χ2v) is 6.38. The van der Waals surface area contributed by atoms with E-state index in [1.165, 1.54) is 6.92 Å². The molecular formula is C14H18F6O3. The average molecular weight is 348 g/mol. The molecule has 1 aliphatic carbocycles. The quantitative estimate of drug-likeness (QED) is 0.478. The number of esters is 1. The third-order valence-electron chi connectivity index (χ3n) is 4.13. The SMILES string of the molecule is CC1(C(=O)OC(C)(C)C(O)(C(F)(F)F)C(F)(F)F)CC=CCC1. The molecule has 1 aliphatic rings. The summed E-state index contributed by atoms with van der Waals surface area (Å²) < 4.78 is 82.0. The first-order chi connectivity index (χ1) is 10.1. The number of carbonyl (C=O) groups is 1. The van der Waals surface area contributed by atoms with Crippen LogP contribution in [-0.2, 0) is 9.53 Å². The highest BCUT2D eigenvalue weighted by Gasteiger charge is 2.78. The van der Waals surface area contributed by atoms with E-state index in [2.05, 4.69) is 4.74 Å². The predicted molar refractivity (Wildman–Crippen MR) is 68.3 cm³/mol. The number of rotatable bonds is 3. The van der Waals surface area contributed by atoms with Crippen molar-refractivity contribution in [2.45, 2.75) is 63.6 Å². The summed E-state index contributed by atoms with van der Waals surface area (Å²) in [4.78, 5) is 12.1. The molecule has 0 fully saturated rings. The summed E-state index contributed by atoms with van der Waals surface area (Å²) in [5.41, 5.74) is -9.65. The zero-order chi connectivity index (χ0) is 18.3. The van der Waals surface area contributed by atoms with Gasteiger partial charge in [0.2, 0.25) is 0 Å². The fourth-order valence-corrected chi connectivity index (χ4v) is 2.42. The Morgan fingerprint density at radius 3 is 1.91 bits per heavy atom. The van der Waals surface area contributed by atoms with Crippen molar-refractivity contribution in [1.82, 2.24) is 0 Å². The van der Waals surface area contributed by atoms with Gasteiger partial charge in [0.1, 0.15) is 0 Å². The molecule has 0 saturated heterocycles. The lowest BCUT2D eigenvalue weighted by Crippen LogP contribution is -2.70. The standard InChI is InChI=1S/C14H18F6O3/c1-10(2,12(22,13(15,16)17)14(18,19)20)23-9(21)11(3)7-5-4-6-8-11/h4-5,22H,6-8H2,1-3H3. The van der Waals surface area contributed by atoms with Gasteiger partial charge in [0.15, 0.2) is 5.60 Å². The van der Waals surface area contributed by atoms with E-state index in [1.807, 2.05) is 0 Å². The third kappa shape index (κ3) is 3.34. The molecule has 0 bridgehead atoms. The van der Waals surface area contributed by atoms with Gasteiger partial charge < -0.3 is 9.84 Å². The molecular weight excluding hydrogens is 330 g/mol. The van der Waals surface area contributed by atoms with Crippen LogP contribution in [0.2, 0.25) is 0 Å². The molecule has 0 spiro atoms. The van der Waals surface area contributed by atoms with Gasteiger partial charge in [-0.3, -0.25) is 4.79 Å². The van der Waals surface area contributed by atoms with Crippen LogP contribution < -0.4 is 0 Å². The monoisotopic (exact) mass is 348 g/mol. The van der Waals surface area contributed by atoms with Crippen molar-refractivity contribution in [3.05, 3.63) is 12.2 Å². The van der Waals surface area contributed by atoms with Crippen LogP contribution in [0.4, 0.5) is 26.3 Å². The van der Waals surface area contributed by atoms with Crippen LogP contribution in [0.3, 0.4) is 0 Å². The topological polar surface area (TPSA) is 46.5 Å². The maximum Gasteiger partial charge on any atom is 0.430 e. The summed E-state index contributed by atoms with van der Waals surface area (Å²) in [5.74, 6) is -1.21. The first-order valence-corrected chi connectivity index (χ1v) is 6.83. The van der Waals surface area contributed by atoms with E-state index in [1.54, 1.807) is 12.2 Å². The second kappa shape index (κ2) is 5.68. The van der Waals surface area contributed by atoms with Crippen molar-refractivity contribution in [2.75, 3.05) is 0 Å². The molecule has 1 unspecified atom stereocenters. The fraction of sp³-hybridized carbons (Fsp3) is 0.786. The molecule has 0 aromatic carbocycles. The summed E-state index contributed by atoms with van der Waals surface area (Å²) in [6.07, 6.45) is -7.95. The van der Waals surface area contributed by atoms with Gasteiger partial charge in [-0.15, -0.1) is 0 Å². The van der Waals surface area contributed by atoms with E-state index in [-0.39, 0.29) is 12.8 Å². The number of alkyl halides is 6. The molecule has 1 rings (SSSR count). The molecule has 0 saturated carbocycles. The van der Waals surface area contributed by atoms with E-state index >= 15 is 0 Å². The zero-order valence-electron chi connectivity index (χ0n) is 12.8. The number of ether oxygens (including phenoxy) is 1. The van der Waals surface area contributed by atoms with Crippen molar-refractivity contribution < 1.29 is 41.0 Å². The average Bonchev–Trinajstić information content (AvgIpc) is 2.35. The first-order valence-electron chi connectivity index (χ1n) is 6.83.